The van der Waals surface area contributed by atoms with Gasteiger partial charge in [0, 0.05) is 13.0 Å². The van der Waals surface area contributed by atoms with Crippen LogP contribution in [0.5, 0.6) is 0 Å². The molecule has 0 aliphatic carbocycles. The summed E-state index contributed by atoms with van der Waals surface area (Å²) < 4.78 is 10.7. The lowest BCUT2D eigenvalue weighted by molar-refractivity contribution is 0.0926. The van der Waals surface area contributed by atoms with E-state index in [-0.39, 0.29) is 5.91 Å². The maximum absolute atomic E-state index is 11.7. The molecule has 3 aromatic heterocycles. The zero-order chi connectivity index (χ0) is 14.7. The Kier molecular flexibility index (Phi) is 3.87. The lowest BCUT2D eigenvalue weighted by Crippen LogP contribution is -2.25. The molecule has 5 nitrogen and oxygen atoms in total. The van der Waals surface area contributed by atoms with Crippen LogP contribution in [0.3, 0.4) is 0 Å². The highest BCUT2D eigenvalue weighted by atomic mass is 32.1. The minimum absolute atomic E-state index is 0.223. The molecule has 21 heavy (non-hydrogen) atoms. The van der Waals surface area contributed by atoms with E-state index in [0.717, 1.165) is 16.3 Å². The molecule has 0 fully saturated rings. The van der Waals surface area contributed by atoms with Gasteiger partial charge in [0.15, 0.2) is 5.76 Å². The largest absolute Gasteiger partial charge is 0.459 e. The van der Waals surface area contributed by atoms with E-state index in [1.807, 2.05) is 24.4 Å². The maximum Gasteiger partial charge on any atom is 0.286 e. The number of aryl methyl sites for hydroxylation is 1. The standard InChI is InChI=1S/C15H14N2O3S/c1-10-11(17-15(20-10)13-5-3-9-21-13)6-7-16-14(18)12-4-2-8-19-12/h2-5,8-9H,6-7H2,1H3,(H,16,18). The molecule has 6 heteroatoms. The number of carbonyl (C=O) groups is 1. The van der Waals surface area contributed by atoms with E-state index in [1.165, 1.54) is 6.26 Å². The lowest BCUT2D eigenvalue weighted by Gasteiger charge is -2.01. The fraction of sp³-hybridized carbons (Fsp3) is 0.200. The molecule has 0 aromatic carbocycles. The van der Waals surface area contributed by atoms with Gasteiger partial charge in [-0.15, -0.1) is 11.3 Å². The van der Waals surface area contributed by atoms with Gasteiger partial charge in [0.25, 0.3) is 5.91 Å². The Morgan fingerprint density at radius 3 is 3.00 bits per heavy atom. The monoisotopic (exact) mass is 302 g/mol. The summed E-state index contributed by atoms with van der Waals surface area (Å²) in [6, 6.07) is 7.25. The van der Waals surface area contributed by atoms with Gasteiger partial charge in [0.2, 0.25) is 5.89 Å². The Morgan fingerprint density at radius 2 is 2.29 bits per heavy atom. The second-order valence-corrected chi connectivity index (χ2v) is 5.43. The van der Waals surface area contributed by atoms with Gasteiger partial charge in [-0.2, -0.15) is 0 Å². The molecule has 3 rings (SSSR count). The van der Waals surface area contributed by atoms with E-state index in [0.29, 0.717) is 24.6 Å². The van der Waals surface area contributed by atoms with E-state index >= 15 is 0 Å². The Hall–Kier alpha value is -2.34. The first-order valence-corrected chi connectivity index (χ1v) is 7.44. The van der Waals surface area contributed by atoms with Crippen LogP contribution in [-0.2, 0) is 6.42 Å². The summed E-state index contributed by atoms with van der Waals surface area (Å²) in [5.41, 5.74) is 0.859. The van der Waals surface area contributed by atoms with Crippen molar-refractivity contribution in [3.8, 4) is 10.8 Å². The van der Waals surface area contributed by atoms with Crippen LogP contribution in [0.2, 0.25) is 0 Å². The Labute approximate surface area is 125 Å². The summed E-state index contributed by atoms with van der Waals surface area (Å²) in [5.74, 6) is 1.51. The van der Waals surface area contributed by atoms with Crippen LogP contribution >= 0.6 is 11.3 Å². The summed E-state index contributed by atoms with van der Waals surface area (Å²) in [5, 5.41) is 4.78. The number of amides is 1. The van der Waals surface area contributed by atoms with Gasteiger partial charge in [-0.1, -0.05) is 6.07 Å². The number of hydrogen-bond acceptors (Lipinski definition) is 5. The third-order valence-electron chi connectivity index (χ3n) is 3.02. The van der Waals surface area contributed by atoms with Gasteiger partial charge in [0.1, 0.15) is 5.76 Å². The van der Waals surface area contributed by atoms with E-state index < -0.39 is 0 Å². The molecule has 3 heterocycles. The van der Waals surface area contributed by atoms with E-state index in [1.54, 1.807) is 23.5 Å². The number of oxazole rings is 1. The molecule has 1 amide bonds. The van der Waals surface area contributed by atoms with Crippen LogP contribution in [0.15, 0.2) is 44.7 Å². The molecular weight excluding hydrogens is 288 g/mol. The van der Waals surface area contributed by atoms with Crippen LogP contribution in [0.25, 0.3) is 10.8 Å². The molecule has 0 unspecified atom stereocenters. The van der Waals surface area contributed by atoms with Crippen molar-refractivity contribution in [2.75, 3.05) is 6.54 Å². The third kappa shape index (κ3) is 3.05. The van der Waals surface area contributed by atoms with Gasteiger partial charge in [-0.25, -0.2) is 4.98 Å². The Balaban J connectivity index is 1.60. The first-order valence-electron chi connectivity index (χ1n) is 6.56. The van der Waals surface area contributed by atoms with Crippen LogP contribution in [0, 0.1) is 6.92 Å². The molecule has 108 valence electrons. The van der Waals surface area contributed by atoms with E-state index in [2.05, 4.69) is 10.3 Å². The Morgan fingerprint density at radius 1 is 1.38 bits per heavy atom. The topological polar surface area (TPSA) is 68.3 Å². The van der Waals surface area contributed by atoms with Crippen LogP contribution in [-0.4, -0.2) is 17.4 Å². The fourth-order valence-electron chi connectivity index (χ4n) is 1.95. The molecule has 0 atom stereocenters. The molecule has 0 saturated carbocycles. The molecule has 3 aromatic rings. The van der Waals surface area contributed by atoms with Gasteiger partial charge in [0.05, 0.1) is 16.8 Å². The summed E-state index contributed by atoms with van der Waals surface area (Å²) in [6.07, 6.45) is 2.09. The maximum atomic E-state index is 11.7. The van der Waals surface area contributed by atoms with Crippen molar-refractivity contribution in [1.29, 1.82) is 0 Å². The van der Waals surface area contributed by atoms with Gasteiger partial charge in [-0.05, 0) is 30.5 Å². The minimum atomic E-state index is -0.223. The van der Waals surface area contributed by atoms with Gasteiger partial charge < -0.3 is 14.2 Å². The van der Waals surface area contributed by atoms with Crippen molar-refractivity contribution in [3.63, 3.8) is 0 Å². The second-order valence-electron chi connectivity index (χ2n) is 4.48. The number of furan rings is 1. The molecule has 0 radical (unpaired) electrons. The van der Waals surface area contributed by atoms with Crippen molar-refractivity contribution in [2.24, 2.45) is 0 Å². The van der Waals surface area contributed by atoms with Crippen molar-refractivity contribution >= 4 is 17.2 Å². The molecule has 1 N–H and O–H groups in total. The first kappa shape index (κ1) is 13.6. The van der Waals surface area contributed by atoms with E-state index in [4.69, 9.17) is 8.83 Å². The molecule has 0 aliphatic rings. The highest BCUT2D eigenvalue weighted by Gasteiger charge is 2.13. The van der Waals surface area contributed by atoms with Crippen molar-refractivity contribution < 1.29 is 13.6 Å². The number of hydrogen-bond donors (Lipinski definition) is 1. The van der Waals surface area contributed by atoms with Crippen molar-refractivity contribution in [3.05, 3.63) is 53.1 Å². The molecule has 0 saturated heterocycles. The number of carbonyl (C=O) groups excluding carboxylic acids is 1. The van der Waals surface area contributed by atoms with Crippen LogP contribution < -0.4 is 5.32 Å². The summed E-state index contributed by atoms with van der Waals surface area (Å²) >= 11 is 1.59. The lowest BCUT2D eigenvalue weighted by atomic mass is 10.2. The molecule has 0 bridgehead atoms. The SMILES string of the molecule is Cc1oc(-c2cccs2)nc1CCNC(=O)c1ccco1. The first-order chi connectivity index (χ1) is 10.2. The average molecular weight is 302 g/mol. The number of aromatic nitrogens is 1. The number of nitrogens with one attached hydrogen (secondary N) is 1. The van der Waals surface area contributed by atoms with Crippen molar-refractivity contribution in [1.82, 2.24) is 10.3 Å². The number of nitrogens with zero attached hydrogens (tertiary/aromatic N) is 1. The second kappa shape index (κ2) is 5.97. The average Bonchev–Trinajstić information content (AvgIpc) is 3.20. The number of rotatable bonds is 5. The quantitative estimate of drug-likeness (QED) is 0.785. The number of thiophene rings is 1. The molecular formula is C15H14N2O3S. The van der Waals surface area contributed by atoms with Gasteiger partial charge >= 0.3 is 0 Å². The predicted molar refractivity (Wildman–Crippen MR) is 79.3 cm³/mol. The third-order valence-corrected chi connectivity index (χ3v) is 3.87. The van der Waals surface area contributed by atoms with Crippen LogP contribution in [0.1, 0.15) is 22.0 Å². The fourth-order valence-corrected chi connectivity index (χ4v) is 2.60. The summed E-state index contributed by atoms with van der Waals surface area (Å²) in [4.78, 5) is 17.2. The Bertz CT molecular complexity index is 714. The van der Waals surface area contributed by atoms with E-state index in [9.17, 15) is 4.79 Å². The predicted octanol–water partition coefficient (Wildman–Crippen LogP) is 3.28. The van der Waals surface area contributed by atoms with Gasteiger partial charge in [-0.3, -0.25) is 4.79 Å². The highest BCUT2D eigenvalue weighted by Crippen LogP contribution is 2.25. The highest BCUT2D eigenvalue weighted by molar-refractivity contribution is 7.13. The smallest absolute Gasteiger partial charge is 0.286 e. The normalized spacial score (nSPS) is 10.7. The molecule has 0 aliphatic heterocycles. The minimum Gasteiger partial charge on any atom is -0.459 e. The van der Waals surface area contributed by atoms with Crippen molar-refractivity contribution in [2.45, 2.75) is 13.3 Å². The summed E-state index contributed by atoms with van der Waals surface area (Å²) in [7, 11) is 0. The zero-order valence-electron chi connectivity index (χ0n) is 11.5. The summed E-state index contributed by atoms with van der Waals surface area (Å²) in [6.45, 7) is 2.37. The molecule has 0 spiro atoms. The van der Waals surface area contributed by atoms with Crippen LogP contribution in [0.4, 0.5) is 0 Å². The zero-order valence-corrected chi connectivity index (χ0v) is 12.3.